The first kappa shape index (κ1) is 18.4. The number of hydrazone groups is 2. The van der Waals surface area contributed by atoms with E-state index in [0.29, 0.717) is 13.0 Å². The fourth-order valence-corrected chi connectivity index (χ4v) is 3.17. The van der Waals surface area contributed by atoms with Gasteiger partial charge in [-0.1, -0.05) is 20.8 Å². The van der Waals surface area contributed by atoms with Crippen LogP contribution in [0.3, 0.4) is 0 Å². The van der Waals surface area contributed by atoms with Crippen molar-refractivity contribution in [3.05, 3.63) is 24.3 Å². The van der Waals surface area contributed by atoms with E-state index in [-0.39, 0.29) is 11.6 Å². The lowest BCUT2D eigenvalue weighted by Crippen LogP contribution is -2.42. The summed E-state index contributed by atoms with van der Waals surface area (Å²) in [6, 6.07) is 8.24. The van der Waals surface area contributed by atoms with Crippen molar-refractivity contribution in [2.24, 2.45) is 26.3 Å². The lowest BCUT2D eigenvalue weighted by Gasteiger charge is -2.23. The molecule has 2 aliphatic rings. The Labute approximate surface area is 155 Å². The molecule has 0 spiro atoms. The minimum absolute atomic E-state index is 0.0979. The van der Waals surface area contributed by atoms with Gasteiger partial charge in [-0.2, -0.15) is 10.2 Å². The highest BCUT2D eigenvalue weighted by Crippen LogP contribution is 2.32. The van der Waals surface area contributed by atoms with Crippen LogP contribution in [0.15, 0.2) is 39.5 Å². The van der Waals surface area contributed by atoms with Gasteiger partial charge in [-0.15, -0.1) is 0 Å². The Hall–Kier alpha value is -2.41. The molecule has 0 radical (unpaired) electrons. The van der Waals surface area contributed by atoms with Gasteiger partial charge in [-0.25, -0.2) is 10.0 Å². The quantitative estimate of drug-likeness (QED) is 0.900. The van der Waals surface area contributed by atoms with E-state index in [1.165, 1.54) is 0 Å². The van der Waals surface area contributed by atoms with Crippen LogP contribution in [-0.2, 0) is 0 Å². The van der Waals surface area contributed by atoms with Gasteiger partial charge in [-0.05, 0) is 30.8 Å². The van der Waals surface area contributed by atoms with E-state index < -0.39 is 0 Å². The largest absolute Gasteiger partial charge is 0.378 e. The highest BCUT2D eigenvalue weighted by atomic mass is 15.7. The van der Waals surface area contributed by atoms with E-state index >= 15 is 0 Å². The molecule has 1 aromatic carbocycles. The van der Waals surface area contributed by atoms with Crippen LogP contribution in [0.1, 0.15) is 27.2 Å². The van der Waals surface area contributed by atoms with E-state index in [0.717, 1.165) is 28.6 Å². The Morgan fingerprint density at radius 2 is 1.81 bits per heavy atom. The average Bonchev–Trinajstić information content (AvgIpc) is 3.07. The number of hydrogen-bond acceptors (Lipinski definition) is 7. The third-order valence-corrected chi connectivity index (χ3v) is 4.51. The van der Waals surface area contributed by atoms with Crippen LogP contribution in [0.2, 0.25) is 0 Å². The Kier molecular flexibility index (Phi) is 4.75. The SMILES string of the molecule is CN(C)c1ccc(N=C2C(C(C)(C)C)=NN3C(CCN)=NN(C)C23)cc1. The maximum Gasteiger partial charge on any atom is 0.184 e. The number of fused-ring (bicyclic) bond motifs is 1. The second-order valence-electron chi connectivity index (χ2n) is 7.95. The van der Waals surface area contributed by atoms with E-state index in [1.54, 1.807) is 0 Å². The van der Waals surface area contributed by atoms with Crippen LogP contribution >= 0.6 is 0 Å². The summed E-state index contributed by atoms with van der Waals surface area (Å²) in [5.74, 6) is 0.898. The number of anilines is 1. The van der Waals surface area contributed by atoms with Crippen molar-refractivity contribution in [1.29, 1.82) is 0 Å². The van der Waals surface area contributed by atoms with Crippen LogP contribution in [0.4, 0.5) is 11.4 Å². The van der Waals surface area contributed by atoms with E-state index in [1.807, 2.05) is 43.3 Å². The van der Waals surface area contributed by atoms with Crippen LogP contribution in [0, 0.1) is 5.41 Å². The van der Waals surface area contributed by atoms with E-state index in [9.17, 15) is 0 Å². The molecular formula is C19H29N7. The van der Waals surface area contributed by atoms with Crippen molar-refractivity contribution in [2.75, 3.05) is 32.6 Å². The lowest BCUT2D eigenvalue weighted by molar-refractivity contribution is 0.236. The molecule has 1 unspecified atom stereocenters. The molecule has 1 atom stereocenters. The molecule has 0 fully saturated rings. The van der Waals surface area contributed by atoms with Crippen molar-refractivity contribution >= 4 is 28.6 Å². The Morgan fingerprint density at radius 1 is 1.15 bits per heavy atom. The van der Waals surface area contributed by atoms with E-state index in [2.05, 4.69) is 42.9 Å². The predicted octanol–water partition coefficient (Wildman–Crippen LogP) is 2.48. The molecule has 7 heteroatoms. The molecule has 0 aliphatic carbocycles. The second kappa shape index (κ2) is 6.72. The number of nitrogens with zero attached hydrogens (tertiary/aromatic N) is 6. The number of nitrogens with two attached hydrogens (primary N) is 1. The summed E-state index contributed by atoms with van der Waals surface area (Å²) in [5, 5.41) is 13.4. The molecule has 26 heavy (non-hydrogen) atoms. The summed E-state index contributed by atoms with van der Waals surface area (Å²) in [5.41, 5.74) is 9.66. The van der Waals surface area contributed by atoms with Crippen molar-refractivity contribution in [2.45, 2.75) is 33.4 Å². The monoisotopic (exact) mass is 355 g/mol. The maximum atomic E-state index is 5.75. The fourth-order valence-electron chi connectivity index (χ4n) is 3.17. The molecule has 0 aromatic heterocycles. The number of hydrogen-bond donors (Lipinski definition) is 1. The molecule has 1 aromatic rings. The molecule has 0 bridgehead atoms. The standard InChI is InChI=1S/C19H29N7/c1-19(2,3)17-16(21-13-7-9-14(10-8-13)24(4)5)18-25(6)22-15(11-12-20)26(18)23-17/h7-10,18H,11-12,20H2,1-6H3. The maximum absolute atomic E-state index is 5.75. The van der Waals surface area contributed by atoms with Crippen LogP contribution in [-0.4, -0.2) is 61.1 Å². The van der Waals surface area contributed by atoms with Crippen molar-refractivity contribution in [3.63, 3.8) is 0 Å². The van der Waals surface area contributed by atoms with Crippen molar-refractivity contribution < 1.29 is 0 Å². The number of rotatable bonds is 4. The zero-order valence-corrected chi connectivity index (χ0v) is 16.6. The summed E-state index contributed by atoms with van der Waals surface area (Å²) in [4.78, 5) is 7.05. The zero-order valence-electron chi connectivity index (χ0n) is 16.6. The molecular weight excluding hydrogens is 326 g/mol. The Morgan fingerprint density at radius 3 is 2.35 bits per heavy atom. The summed E-state index contributed by atoms with van der Waals surface area (Å²) in [7, 11) is 6.03. The van der Waals surface area contributed by atoms with Gasteiger partial charge in [0, 0.05) is 38.7 Å². The Balaban J connectivity index is 2.00. The fraction of sp³-hybridized carbons (Fsp3) is 0.526. The minimum atomic E-state index is -0.110. The first-order valence-corrected chi connectivity index (χ1v) is 8.97. The smallest absolute Gasteiger partial charge is 0.184 e. The van der Waals surface area contributed by atoms with Crippen LogP contribution in [0.25, 0.3) is 0 Å². The summed E-state index contributed by atoms with van der Waals surface area (Å²) in [6.07, 6.45) is 0.603. The van der Waals surface area contributed by atoms with Gasteiger partial charge in [0.1, 0.15) is 11.5 Å². The summed E-state index contributed by atoms with van der Waals surface area (Å²) < 4.78 is 0. The van der Waals surface area contributed by atoms with Gasteiger partial charge in [0.2, 0.25) is 0 Å². The molecule has 0 amide bonds. The topological polar surface area (TPSA) is 72.8 Å². The molecule has 7 nitrogen and oxygen atoms in total. The summed E-state index contributed by atoms with van der Waals surface area (Å²) in [6.45, 7) is 7.05. The molecule has 0 saturated carbocycles. The highest BCUT2D eigenvalue weighted by Gasteiger charge is 2.46. The van der Waals surface area contributed by atoms with Crippen molar-refractivity contribution in [1.82, 2.24) is 10.0 Å². The molecule has 140 valence electrons. The molecule has 2 aliphatic heterocycles. The van der Waals surface area contributed by atoms with Crippen molar-refractivity contribution in [3.8, 4) is 0 Å². The van der Waals surface area contributed by atoms with Gasteiger partial charge in [-0.3, -0.25) is 5.01 Å². The van der Waals surface area contributed by atoms with Gasteiger partial charge >= 0.3 is 0 Å². The lowest BCUT2D eigenvalue weighted by atomic mass is 9.86. The summed E-state index contributed by atoms with van der Waals surface area (Å²) >= 11 is 0. The third kappa shape index (κ3) is 3.31. The molecule has 2 N–H and O–H groups in total. The van der Waals surface area contributed by atoms with Crippen LogP contribution in [0.5, 0.6) is 0 Å². The van der Waals surface area contributed by atoms with E-state index in [4.69, 9.17) is 15.8 Å². The van der Waals surface area contributed by atoms with Gasteiger partial charge in [0.05, 0.1) is 11.4 Å². The first-order valence-electron chi connectivity index (χ1n) is 8.97. The van der Waals surface area contributed by atoms with Crippen LogP contribution < -0.4 is 10.6 Å². The first-order chi connectivity index (χ1) is 12.2. The molecule has 0 saturated heterocycles. The average molecular weight is 355 g/mol. The normalized spacial score (nSPS) is 21.2. The van der Waals surface area contributed by atoms with Gasteiger partial charge in [0.15, 0.2) is 6.17 Å². The predicted molar refractivity (Wildman–Crippen MR) is 109 cm³/mol. The highest BCUT2D eigenvalue weighted by molar-refractivity contribution is 6.47. The molecule has 2 heterocycles. The third-order valence-electron chi connectivity index (χ3n) is 4.51. The zero-order chi connectivity index (χ0) is 19.1. The molecule has 3 rings (SSSR count). The van der Waals surface area contributed by atoms with Gasteiger partial charge < -0.3 is 10.6 Å². The minimum Gasteiger partial charge on any atom is -0.378 e. The Bertz CT molecular complexity index is 753. The second-order valence-corrected chi connectivity index (χ2v) is 7.95. The number of benzene rings is 1. The van der Waals surface area contributed by atoms with Gasteiger partial charge in [0.25, 0.3) is 0 Å². The number of amidine groups is 1. The number of aliphatic imine (C=N–C) groups is 1.